The molecule has 0 unspecified atom stereocenters. The third-order valence-corrected chi connectivity index (χ3v) is 5.10. The Hall–Kier alpha value is -1.31. The van der Waals surface area contributed by atoms with Gasteiger partial charge in [0.25, 0.3) is 0 Å². The number of benzene rings is 1. The maximum Gasteiger partial charge on any atom is 0.335 e. The van der Waals surface area contributed by atoms with Crippen LogP contribution in [0, 0.1) is 0 Å². The minimum atomic E-state index is -0.769. The van der Waals surface area contributed by atoms with Gasteiger partial charge in [-0.15, -0.1) is 0 Å². The molecule has 0 amide bonds. The first-order valence-corrected chi connectivity index (χ1v) is 9.04. The standard InChI is InChI=1S/C20H30O2/c1-3-8-15(9-4-2)17-12-13-18(20(21)22)19(14-17)16-10-6-5-7-11-16/h12-16H,3-11H2,1-2H3,(H,21,22). The molecule has 122 valence electrons. The van der Waals surface area contributed by atoms with Gasteiger partial charge in [-0.05, 0) is 54.7 Å². The van der Waals surface area contributed by atoms with Crippen LogP contribution in [-0.4, -0.2) is 11.1 Å². The van der Waals surface area contributed by atoms with Crippen molar-refractivity contribution in [3.05, 3.63) is 34.9 Å². The summed E-state index contributed by atoms with van der Waals surface area (Å²) in [6.07, 6.45) is 10.8. The Labute approximate surface area is 134 Å². The molecular weight excluding hydrogens is 272 g/mol. The summed E-state index contributed by atoms with van der Waals surface area (Å²) in [6, 6.07) is 6.15. The van der Waals surface area contributed by atoms with Gasteiger partial charge in [0, 0.05) is 0 Å². The Morgan fingerprint density at radius 2 is 1.77 bits per heavy atom. The highest BCUT2D eigenvalue weighted by Gasteiger charge is 2.23. The quantitative estimate of drug-likeness (QED) is 0.659. The molecule has 1 aliphatic carbocycles. The maximum absolute atomic E-state index is 11.6. The van der Waals surface area contributed by atoms with Crippen molar-refractivity contribution in [2.24, 2.45) is 0 Å². The Kier molecular flexibility index (Phi) is 6.48. The summed E-state index contributed by atoms with van der Waals surface area (Å²) >= 11 is 0. The largest absolute Gasteiger partial charge is 0.478 e. The molecule has 1 aromatic rings. The van der Waals surface area contributed by atoms with Gasteiger partial charge >= 0.3 is 5.97 Å². The highest BCUT2D eigenvalue weighted by atomic mass is 16.4. The zero-order chi connectivity index (χ0) is 15.9. The Bertz CT molecular complexity index is 480. The molecule has 1 aromatic carbocycles. The molecular formula is C20H30O2. The third kappa shape index (κ3) is 4.12. The Balaban J connectivity index is 2.34. The minimum absolute atomic E-state index is 0.448. The van der Waals surface area contributed by atoms with Crippen LogP contribution >= 0.6 is 0 Å². The van der Waals surface area contributed by atoms with Gasteiger partial charge in [-0.3, -0.25) is 0 Å². The number of hydrogen-bond acceptors (Lipinski definition) is 1. The molecule has 22 heavy (non-hydrogen) atoms. The van der Waals surface area contributed by atoms with Crippen molar-refractivity contribution in [1.29, 1.82) is 0 Å². The normalized spacial score (nSPS) is 16.1. The monoisotopic (exact) mass is 302 g/mol. The molecule has 0 bridgehead atoms. The van der Waals surface area contributed by atoms with Gasteiger partial charge in [-0.25, -0.2) is 4.79 Å². The van der Waals surface area contributed by atoms with Crippen molar-refractivity contribution in [3.63, 3.8) is 0 Å². The predicted octanol–water partition coefficient (Wildman–Crippen LogP) is 6.12. The SMILES string of the molecule is CCCC(CCC)c1ccc(C(=O)O)c(C2CCCCC2)c1. The lowest BCUT2D eigenvalue weighted by molar-refractivity contribution is 0.0694. The van der Waals surface area contributed by atoms with Crippen LogP contribution in [0.15, 0.2) is 18.2 Å². The smallest absolute Gasteiger partial charge is 0.335 e. The summed E-state index contributed by atoms with van der Waals surface area (Å²) in [7, 11) is 0. The second kappa shape index (κ2) is 8.36. The fourth-order valence-corrected chi connectivity index (χ4v) is 3.96. The first kappa shape index (κ1) is 17.1. The molecule has 1 N–H and O–H groups in total. The van der Waals surface area contributed by atoms with Gasteiger partial charge in [0.1, 0.15) is 0 Å². The summed E-state index contributed by atoms with van der Waals surface area (Å²) in [4.78, 5) is 11.6. The number of rotatable bonds is 7. The summed E-state index contributed by atoms with van der Waals surface area (Å²) < 4.78 is 0. The van der Waals surface area contributed by atoms with Crippen LogP contribution < -0.4 is 0 Å². The highest BCUT2D eigenvalue weighted by molar-refractivity contribution is 5.89. The Morgan fingerprint density at radius 1 is 1.14 bits per heavy atom. The number of hydrogen-bond donors (Lipinski definition) is 1. The van der Waals surface area contributed by atoms with Crippen LogP contribution in [0.4, 0.5) is 0 Å². The van der Waals surface area contributed by atoms with Crippen LogP contribution in [0.1, 0.15) is 105 Å². The second-order valence-corrected chi connectivity index (χ2v) is 6.76. The zero-order valence-electron chi connectivity index (χ0n) is 14.1. The van der Waals surface area contributed by atoms with E-state index in [0.29, 0.717) is 17.4 Å². The zero-order valence-corrected chi connectivity index (χ0v) is 14.1. The van der Waals surface area contributed by atoms with Gasteiger partial charge in [0.15, 0.2) is 0 Å². The van der Waals surface area contributed by atoms with Crippen molar-refractivity contribution >= 4 is 5.97 Å². The van der Waals surface area contributed by atoms with Gasteiger partial charge < -0.3 is 5.11 Å². The van der Waals surface area contributed by atoms with E-state index in [2.05, 4.69) is 26.0 Å². The molecule has 2 nitrogen and oxygen atoms in total. The van der Waals surface area contributed by atoms with E-state index in [0.717, 1.165) is 18.4 Å². The van der Waals surface area contributed by atoms with E-state index < -0.39 is 5.97 Å². The predicted molar refractivity (Wildman–Crippen MR) is 91.8 cm³/mol. The van der Waals surface area contributed by atoms with Gasteiger partial charge in [0.05, 0.1) is 5.56 Å². The fourth-order valence-electron chi connectivity index (χ4n) is 3.96. The lowest BCUT2D eigenvalue weighted by Crippen LogP contribution is -2.12. The lowest BCUT2D eigenvalue weighted by Gasteiger charge is -2.25. The van der Waals surface area contributed by atoms with Gasteiger partial charge in [-0.2, -0.15) is 0 Å². The van der Waals surface area contributed by atoms with Crippen molar-refractivity contribution in [2.45, 2.75) is 83.5 Å². The molecule has 0 atom stereocenters. The molecule has 2 rings (SSSR count). The minimum Gasteiger partial charge on any atom is -0.478 e. The molecule has 1 saturated carbocycles. The van der Waals surface area contributed by atoms with Crippen LogP contribution in [-0.2, 0) is 0 Å². The molecule has 2 heteroatoms. The van der Waals surface area contributed by atoms with E-state index in [1.165, 1.54) is 50.5 Å². The van der Waals surface area contributed by atoms with E-state index in [1.54, 1.807) is 0 Å². The topological polar surface area (TPSA) is 37.3 Å². The van der Waals surface area contributed by atoms with E-state index in [9.17, 15) is 9.90 Å². The molecule has 1 fully saturated rings. The Morgan fingerprint density at radius 3 is 2.32 bits per heavy atom. The third-order valence-electron chi connectivity index (χ3n) is 5.10. The number of carboxylic acid groups (broad SMARTS) is 1. The fraction of sp³-hybridized carbons (Fsp3) is 0.650. The summed E-state index contributed by atoms with van der Waals surface area (Å²) in [6.45, 7) is 4.46. The van der Waals surface area contributed by atoms with Gasteiger partial charge in [0.2, 0.25) is 0 Å². The average molecular weight is 302 g/mol. The molecule has 0 aliphatic heterocycles. The van der Waals surface area contributed by atoms with E-state index in [4.69, 9.17) is 0 Å². The van der Waals surface area contributed by atoms with Crippen molar-refractivity contribution < 1.29 is 9.90 Å². The van der Waals surface area contributed by atoms with Crippen molar-refractivity contribution in [3.8, 4) is 0 Å². The molecule has 0 spiro atoms. The van der Waals surface area contributed by atoms with Crippen molar-refractivity contribution in [2.75, 3.05) is 0 Å². The van der Waals surface area contributed by atoms with Crippen LogP contribution in [0.5, 0.6) is 0 Å². The molecule has 0 aromatic heterocycles. The maximum atomic E-state index is 11.6. The average Bonchev–Trinajstić information content (AvgIpc) is 2.55. The van der Waals surface area contributed by atoms with Crippen LogP contribution in [0.25, 0.3) is 0 Å². The molecule has 0 radical (unpaired) electrons. The number of carboxylic acids is 1. The van der Waals surface area contributed by atoms with Gasteiger partial charge in [-0.1, -0.05) is 58.1 Å². The summed E-state index contributed by atoms with van der Waals surface area (Å²) in [5.74, 6) is 0.263. The lowest BCUT2D eigenvalue weighted by atomic mass is 9.79. The first-order chi connectivity index (χ1) is 10.7. The van der Waals surface area contributed by atoms with E-state index in [-0.39, 0.29) is 0 Å². The highest BCUT2D eigenvalue weighted by Crippen LogP contribution is 2.37. The van der Waals surface area contributed by atoms with E-state index >= 15 is 0 Å². The van der Waals surface area contributed by atoms with E-state index in [1.807, 2.05) is 6.07 Å². The van der Waals surface area contributed by atoms with Crippen molar-refractivity contribution in [1.82, 2.24) is 0 Å². The van der Waals surface area contributed by atoms with Crippen LogP contribution in [0.2, 0.25) is 0 Å². The summed E-state index contributed by atoms with van der Waals surface area (Å²) in [5.41, 5.74) is 2.98. The molecule has 0 heterocycles. The molecule has 0 saturated heterocycles. The summed E-state index contributed by atoms with van der Waals surface area (Å²) in [5, 5.41) is 9.53. The number of carbonyl (C=O) groups is 1. The molecule has 1 aliphatic rings. The van der Waals surface area contributed by atoms with Crippen LogP contribution in [0.3, 0.4) is 0 Å². The first-order valence-electron chi connectivity index (χ1n) is 9.04. The number of aromatic carboxylic acids is 1. The second-order valence-electron chi connectivity index (χ2n) is 6.76.